The van der Waals surface area contributed by atoms with E-state index in [9.17, 15) is 17.2 Å². The van der Waals surface area contributed by atoms with Crippen molar-refractivity contribution in [3.63, 3.8) is 0 Å². The minimum atomic E-state index is -3.83. The van der Waals surface area contributed by atoms with Gasteiger partial charge >= 0.3 is 0 Å². The second-order valence-electron chi connectivity index (χ2n) is 4.55. The monoisotopic (exact) mass is 291 g/mol. The highest BCUT2D eigenvalue weighted by Gasteiger charge is 2.34. The van der Waals surface area contributed by atoms with Crippen LogP contribution in [0.3, 0.4) is 0 Å². The summed E-state index contributed by atoms with van der Waals surface area (Å²) in [7, 11) is -3.83. The van der Waals surface area contributed by atoms with Crippen LogP contribution >= 0.6 is 0 Å². The molecule has 19 heavy (non-hydrogen) atoms. The van der Waals surface area contributed by atoms with Crippen LogP contribution in [0.25, 0.3) is 0 Å². The van der Waals surface area contributed by atoms with E-state index in [1.54, 1.807) is 0 Å². The summed E-state index contributed by atoms with van der Waals surface area (Å²) < 4.78 is 52.4. The number of nitrogens with zero attached hydrogens (tertiary/aromatic N) is 1. The maximum absolute atomic E-state index is 13.5. The van der Waals surface area contributed by atoms with E-state index in [2.05, 4.69) is 0 Å². The zero-order valence-electron chi connectivity index (χ0n) is 10.2. The summed E-state index contributed by atoms with van der Waals surface area (Å²) in [6.07, 6.45) is 1.21. The Morgan fingerprint density at radius 2 is 1.95 bits per heavy atom. The molecule has 106 valence electrons. The molecule has 0 aromatic heterocycles. The predicted octanol–water partition coefficient (Wildman–Crippen LogP) is 1.25. The quantitative estimate of drug-likeness (QED) is 0.908. The third-order valence-electron chi connectivity index (χ3n) is 3.28. The molecule has 0 bridgehead atoms. The number of halogens is 2. The molecule has 4 nitrogen and oxygen atoms in total. The van der Waals surface area contributed by atoms with Gasteiger partial charge in [-0.3, -0.25) is 0 Å². The highest BCUT2D eigenvalue weighted by Crippen LogP contribution is 2.24. The fraction of sp³-hybridized carbons (Fsp3) is 0.500. The molecule has 0 spiro atoms. The largest absolute Gasteiger partial charge is 0.395 e. The normalized spacial score (nSPS) is 20.9. The van der Waals surface area contributed by atoms with Crippen LogP contribution in [-0.2, 0) is 15.8 Å². The van der Waals surface area contributed by atoms with Crippen molar-refractivity contribution in [1.82, 2.24) is 4.31 Å². The fourth-order valence-corrected chi connectivity index (χ4v) is 4.13. The smallest absolute Gasteiger partial charge is 0.218 e. The van der Waals surface area contributed by atoms with Crippen molar-refractivity contribution >= 4 is 10.0 Å². The average molecular weight is 291 g/mol. The number of hydrogen-bond acceptors (Lipinski definition) is 3. The summed E-state index contributed by atoms with van der Waals surface area (Å²) >= 11 is 0. The zero-order chi connectivity index (χ0) is 14.0. The van der Waals surface area contributed by atoms with Crippen LogP contribution in [0.4, 0.5) is 8.78 Å². The molecule has 1 fully saturated rings. The third-order valence-corrected chi connectivity index (χ3v) is 5.13. The SMILES string of the molecule is O=S(=O)(Cc1c(F)cccc1F)N1CCC[C@@H]1CO. The zero-order valence-corrected chi connectivity index (χ0v) is 11.0. The van der Waals surface area contributed by atoms with Crippen LogP contribution in [-0.4, -0.2) is 37.0 Å². The summed E-state index contributed by atoms with van der Waals surface area (Å²) in [6.45, 7) is 0.00259. The van der Waals surface area contributed by atoms with Crippen molar-refractivity contribution < 1.29 is 22.3 Å². The Hall–Kier alpha value is -1.05. The number of hydrogen-bond donors (Lipinski definition) is 1. The summed E-state index contributed by atoms with van der Waals surface area (Å²) in [5, 5.41) is 9.12. The molecule has 0 radical (unpaired) electrons. The number of aliphatic hydroxyl groups excluding tert-OH is 1. The van der Waals surface area contributed by atoms with Crippen molar-refractivity contribution in [3.05, 3.63) is 35.4 Å². The first kappa shape index (κ1) is 14.4. The van der Waals surface area contributed by atoms with Crippen LogP contribution < -0.4 is 0 Å². The molecule has 0 unspecified atom stereocenters. The highest BCUT2D eigenvalue weighted by molar-refractivity contribution is 7.88. The third kappa shape index (κ3) is 2.93. The van der Waals surface area contributed by atoms with Crippen molar-refractivity contribution in [2.45, 2.75) is 24.6 Å². The Labute approximate surface area is 110 Å². The van der Waals surface area contributed by atoms with Gasteiger partial charge in [-0.15, -0.1) is 0 Å². The van der Waals surface area contributed by atoms with Gasteiger partial charge in [0.05, 0.1) is 12.4 Å². The van der Waals surface area contributed by atoms with Gasteiger partial charge in [-0.1, -0.05) is 6.07 Å². The van der Waals surface area contributed by atoms with Gasteiger partial charge in [0.15, 0.2) is 0 Å². The molecular formula is C12H15F2NO3S. The highest BCUT2D eigenvalue weighted by atomic mass is 32.2. The van der Waals surface area contributed by atoms with Crippen LogP contribution in [0, 0.1) is 11.6 Å². The fourth-order valence-electron chi connectivity index (χ4n) is 2.29. The first-order chi connectivity index (χ1) is 8.95. The van der Waals surface area contributed by atoms with Crippen molar-refractivity contribution in [2.24, 2.45) is 0 Å². The standard InChI is InChI=1S/C12H15F2NO3S/c13-11-4-1-5-12(14)10(11)8-19(17,18)15-6-2-3-9(15)7-16/h1,4-5,9,16H,2-3,6-8H2/t9-/m1/s1. The number of rotatable bonds is 4. The lowest BCUT2D eigenvalue weighted by Gasteiger charge is -2.22. The van der Waals surface area contributed by atoms with E-state index in [4.69, 9.17) is 5.11 Å². The Balaban J connectivity index is 2.27. The van der Waals surface area contributed by atoms with Gasteiger partial charge in [0.1, 0.15) is 11.6 Å². The lowest BCUT2D eigenvalue weighted by Crippen LogP contribution is -2.38. The Morgan fingerprint density at radius 3 is 2.53 bits per heavy atom. The summed E-state index contributed by atoms with van der Waals surface area (Å²) in [5.41, 5.74) is -0.453. The molecule has 7 heteroatoms. The minimum Gasteiger partial charge on any atom is -0.395 e. The molecule has 1 aromatic carbocycles. The molecule has 2 rings (SSSR count). The van der Waals surface area contributed by atoms with Gasteiger partial charge in [0, 0.05) is 18.2 Å². The topological polar surface area (TPSA) is 57.6 Å². The van der Waals surface area contributed by atoms with Gasteiger partial charge < -0.3 is 5.11 Å². The van der Waals surface area contributed by atoms with Crippen molar-refractivity contribution in [3.8, 4) is 0 Å². The van der Waals surface area contributed by atoms with Gasteiger partial charge in [0.25, 0.3) is 0 Å². The number of benzene rings is 1. The molecule has 1 saturated heterocycles. The van der Waals surface area contributed by atoms with E-state index >= 15 is 0 Å². The van der Waals surface area contributed by atoms with Crippen molar-refractivity contribution in [1.29, 1.82) is 0 Å². The maximum atomic E-state index is 13.5. The predicted molar refractivity (Wildman–Crippen MR) is 65.8 cm³/mol. The van der Waals surface area contributed by atoms with Crippen LogP contribution in [0.15, 0.2) is 18.2 Å². The molecule has 0 amide bonds. The van der Waals surface area contributed by atoms with E-state index in [0.717, 1.165) is 16.4 Å². The first-order valence-electron chi connectivity index (χ1n) is 5.99. The average Bonchev–Trinajstić information content (AvgIpc) is 2.83. The molecular weight excluding hydrogens is 276 g/mol. The summed E-state index contributed by atoms with van der Waals surface area (Å²) in [5.74, 6) is -2.46. The molecule has 1 aromatic rings. The lowest BCUT2D eigenvalue weighted by molar-refractivity contribution is 0.213. The van der Waals surface area contributed by atoms with E-state index < -0.39 is 39.0 Å². The second-order valence-corrected chi connectivity index (χ2v) is 6.47. The van der Waals surface area contributed by atoms with Crippen LogP contribution in [0.1, 0.15) is 18.4 Å². The van der Waals surface area contributed by atoms with Crippen LogP contribution in [0.5, 0.6) is 0 Å². The molecule has 1 heterocycles. The van der Waals surface area contributed by atoms with E-state index in [0.29, 0.717) is 12.8 Å². The molecule has 1 aliphatic rings. The maximum Gasteiger partial charge on any atom is 0.218 e. The second kappa shape index (κ2) is 5.52. The van der Waals surface area contributed by atoms with Crippen molar-refractivity contribution in [2.75, 3.05) is 13.2 Å². The van der Waals surface area contributed by atoms with E-state index in [1.807, 2.05) is 0 Å². The van der Waals surface area contributed by atoms with Crippen LogP contribution in [0.2, 0.25) is 0 Å². The Bertz CT molecular complexity index is 542. The summed E-state index contributed by atoms with van der Waals surface area (Å²) in [4.78, 5) is 0. The molecule has 1 N–H and O–H groups in total. The molecule has 1 aliphatic heterocycles. The summed E-state index contributed by atoms with van der Waals surface area (Å²) in [6, 6.07) is 2.76. The van der Waals surface area contributed by atoms with E-state index in [1.165, 1.54) is 6.07 Å². The van der Waals surface area contributed by atoms with Gasteiger partial charge in [0.2, 0.25) is 10.0 Å². The molecule has 0 saturated carbocycles. The first-order valence-corrected chi connectivity index (χ1v) is 7.60. The Morgan fingerprint density at radius 1 is 1.32 bits per heavy atom. The number of aliphatic hydroxyl groups is 1. The van der Waals surface area contributed by atoms with Gasteiger partial charge in [-0.25, -0.2) is 17.2 Å². The lowest BCUT2D eigenvalue weighted by atomic mass is 10.2. The van der Waals surface area contributed by atoms with Gasteiger partial charge in [-0.2, -0.15) is 4.31 Å². The molecule has 1 atom stereocenters. The van der Waals surface area contributed by atoms with Gasteiger partial charge in [-0.05, 0) is 25.0 Å². The number of sulfonamides is 1. The Kier molecular flexibility index (Phi) is 4.17. The minimum absolute atomic E-state index is 0.279. The van der Waals surface area contributed by atoms with E-state index in [-0.39, 0.29) is 13.2 Å². The molecule has 0 aliphatic carbocycles.